The van der Waals surface area contributed by atoms with Crippen LogP contribution in [-0.2, 0) is 11.2 Å². The molecule has 0 spiro atoms. The Hall–Kier alpha value is -3.08. The topological polar surface area (TPSA) is 56.2 Å². The number of rotatable bonds is 3. The Kier molecular flexibility index (Phi) is 4.21. The summed E-state index contributed by atoms with van der Waals surface area (Å²) in [7, 11) is 0. The quantitative estimate of drug-likeness (QED) is 0.786. The zero-order valence-corrected chi connectivity index (χ0v) is 14.9. The predicted molar refractivity (Wildman–Crippen MR) is 101 cm³/mol. The molecule has 0 saturated heterocycles. The minimum absolute atomic E-state index is 0.0293. The highest BCUT2D eigenvalue weighted by Crippen LogP contribution is 2.29. The second kappa shape index (κ2) is 6.67. The van der Waals surface area contributed by atoms with Crippen LogP contribution in [-0.4, -0.2) is 22.3 Å². The Morgan fingerprint density at radius 2 is 1.85 bits per heavy atom. The van der Waals surface area contributed by atoms with Crippen molar-refractivity contribution in [1.82, 2.24) is 9.78 Å². The van der Waals surface area contributed by atoms with Crippen molar-refractivity contribution in [2.24, 2.45) is 5.92 Å². The van der Waals surface area contributed by atoms with Gasteiger partial charge in [0.05, 0.1) is 28.7 Å². The molecule has 5 nitrogen and oxygen atoms in total. The number of carbonyl (C=O) groups is 1. The number of para-hydroxylation sites is 2. The van der Waals surface area contributed by atoms with Crippen molar-refractivity contribution in [2.75, 3.05) is 11.9 Å². The van der Waals surface area contributed by atoms with Gasteiger partial charge < -0.3 is 10.1 Å². The fourth-order valence-corrected chi connectivity index (χ4v) is 3.37. The minimum Gasteiger partial charge on any atom is -0.492 e. The summed E-state index contributed by atoms with van der Waals surface area (Å²) < 4.78 is 7.61. The van der Waals surface area contributed by atoms with Gasteiger partial charge in [-0.25, -0.2) is 4.68 Å². The first-order valence-electron chi connectivity index (χ1n) is 8.76. The van der Waals surface area contributed by atoms with E-state index < -0.39 is 0 Å². The number of amides is 1. The molecule has 5 heteroatoms. The number of nitrogens with one attached hydrogen (secondary N) is 1. The smallest absolute Gasteiger partial charge is 0.231 e. The summed E-state index contributed by atoms with van der Waals surface area (Å²) in [5.41, 5.74) is 4.55. The van der Waals surface area contributed by atoms with Crippen LogP contribution in [0.15, 0.2) is 54.6 Å². The number of hydrogen-bond acceptors (Lipinski definition) is 3. The maximum atomic E-state index is 12.8. The standard InChI is InChI=1S/C21H21N3O2/c1-14-20(15(2)24(23-14)18-9-4-3-5-10-18)22-21(25)17-12-16-8-6-7-11-19(16)26-13-17/h3-11,17H,12-13H2,1-2H3,(H,22,25). The lowest BCUT2D eigenvalue weighted by molar-refractivity contribution is -0.121. The molecule has 4 rings (SSSR count). The normalized spacial score (nSPS) is 15.8. The molecule has 1 aromatic heterocycles. The van der Waals surface area contributed by atoms with Gasteiger partial charge in [-0.3, -0.25) is 4.79 Å². The Bertz CT molecular complexity index is 947. The fourth-order valence-electron chi connectivity index (χ4n) is 3.37. The van der Waals surface area contributed by atoms with Gasteiger partial charge in [-0.15, -0.1) is 0 Å². The van der Waals surface area contributed by atoms with Crippen LogP contribution in [0.1, 0.15) is 17.0 Å². The summed E-state index contributed by atoms with van der Waals surface area (Å²) in [5, 5.41) is 7.65. The molecule has 0 aliphatic carbocycles. The van der Waals surface area contributed by atoms with Crippen LogP contribution in [0.4, 0.5) is 5.69 Å². The largest absolute Gasteiger partial charge is 0.492 e. The van der Waals surface area contributed by atoms with E-state index in [9.17, 15) is 4.79 Å². The van der Waals surface area contributed by atoms with Crippen molar-refractivity contribution in [3.05, 3.63) is 71.5 Å². The molecule has 1 amide bonds. The maximum Gasteiger partial charge on any atom is 0.231 e. The van der Waals surface area contributed by atoms with Crippen molar-refractivity contribution in [1.29, 1.82) is 0 Å². The van der Waals surface area contributed by atoms with E-state index in [-0.39, 0.29) is 11.8 Å². The molecule has 1 atom stereocenters. The summed E-state index contributed by atoms with van der Waals surface area (Å²) in [6.45, 7) is 4.28. The molecule has 26 heavy (non-hydrogen) atoms. The third-order valence-electron chi connectivity index (χ3n) is 4.79. The van der Waals surface area contributed by atoms with Crippen LogP contribution < -0.4 is 10.1 Å². The van der Waals surface area contributed by atoms with Crippen molar-refractivity contribution >= 4 is 11.6 Å². The van der Waals surface area contributed by atoms with Gasteiger partial charge in [-0.2, -0.15) is 5.10 Å². The SMILES string of the molecule is Cc1nn(-c2ccccc2)c(C)c1NC(=O)C1COc2ccccc2C1. The second-order valence-corrected chi connectivity index (χ2v) is 6.60. The lowest BCUT2D eigenvalue weighted by Crippen LogP contribution is -2.32. The third-order valence-corrected chi connectivity index (χ3v) is 4.79. The van der Waals surface area contributed by atoms with E-state index in [1.54, 1.807) is 0 Å². The molecule has 0 fully saturated rings. The van der Waals surface area contributed by atoms with Gasteiger partial charge in [0.2, 0.25) is 5.91 Å². The van der Waals surface area contributed by atoms with E-state index in [4.69, 9.17) is 4.74 Å². The van der Waals surface area contributed by atoms with Crippen molar-refractivity contribution in [2.45, 2.75) is 20.3 Å². The molecular weight excluding hydrogens is 326 g/mol. The Balaban J connectivity index is 1.55. The first-order chi connectivity index (χ1) is 12.6. The molecule has 0 radical (unpaired) electrons. The number of ether oxygens (including phenoxy) is 1. The molecule has 0 bridgehead atoms. The monoisotopic (exact) mass is 347 g/mol. The van der Waals surface area contributed by atoms with Crippen LogP contribution in [0.5, 0.6) is 5.75 Å². The predicted octanol–water partition coefficient (Wildman–Crippen LogP) is 3.68. The number of aryl methyl sites for hydroxylation is 1. The van der Waals surface area contributed by atoms with Crippen LogP contribution in [0, 0.1) is 19.8 Å². The van der Waals surface area contributed by atoms with Crippen molar-refractivity contribution in [3.8, 4) is 11.4 Å². The van der Waals surface area contributed by atoms with Gasteiger partial charge in [-0.05, 0) is 44.0 Å². The average Bonchev–Trinajstić information content (AvgIpc) is 2.96. The van der Waals surface area contributed by atoms with E-state index in [2.05, 4.69) is 10.4 Å². The van der Waals surface area contributed by atoms with Gasteiger partial charge in [0, 0.05) is 0 Å². The van der Waals surface area contributed by atoms with E-state index in [0.717, 1.165) is 34.1 Å². The number of fused-ring (bicyclic) bond motifs is 1. The average molecular weight is 347 g/mol. The number of nitrogens with zero attached hydrogens (tertiary/aromatic N) is 2. The molecule has 1 unspecified atom stereocenters. The van der Waals surface area contributed by atoms with Gasteiger partial charge in [0.1, 0.15) is 12.4 Å². The molecular formula is C21H21N3O2. The van der Waals surface area contributed by atoms with E-state index in [1.807, 2.05) is 73.1 Å². The Morgan fingerprint density at radius 1 is 1.12 bits per heavy atom. The van der Waals surface area contributed by atoms with Gasteiger partial charge >= 0.3 is 0 Å². The minimum atomic E-state index is -0.205. The van der Waals surface area contributed by atoms with Gasteiger partial charge in [-0.1, -0.05) is 36.4 Å². The molecule has 1 aliphatic rings. The number of hydrogen-bond donors (Lipinski definition) is 1. The van der Waals surface area contributed by atoms with Crippen LogP contribution >= 0.6 is 0 Å². The number of benzene rings is 2. The summed E-state index contributed by atoms with van der Waals surface area (Å²) in [6, 6.07) is 17.8. The van der Waals surface area contributed by atoms with E-state index in [1.165, 1.54) is 0 Å². The lowest BCUT2D eigenvalue weighted by Gasteiger charge is -2.24. The first kappa shape index (κ1) is 16.4. The van der Waals surface area contributed by atoms with Crippen molar-refractivity contribution in [3.63, 3.8) is 0 Å². The van der Waals surface area contributed by atoms with Gasteiger partial charge in [0.15, 0.2) is 0 Å². The molecule has 1 N–H and O–H groups in total. The zero-order chi connectivity index (χ0) is 18.1. The highest BCUT2D eigenvalue weighted by Gasteiger charge is 2.27. The molecule has 2 heterocycles. The molecule has 2 aromatic carbocycles. The second-order valence-electron chi connectivity index (χ2n) is 6.60. The van der Waals surface area contributed by atoms with Crippen LogP contribution in [0.25, 0.3) is 5.69 Å². The van der Waals surface area contributed by atoms with Crippen LogP contribution in [0.3, 0.4) is 0 Å². The third kappa shape index (κ3) is 2.96. The van der Waals surface area contributed by atoms with Crippen molar-refractivity contribution < 1.29 is 9.53 Å². The van der Waals surface area contributed by atoms with E-state index >= 15 is 0 Å². The molecule has 1 aliphatic heterocycles. The maximum absolute atomic E-state index is 12.8. The number of carbonyl (C=O) groups excluding carboxylic acids is 1. The highest BCUT2D eigenvalue weighted by molar-refractivity contribution is 5.94. The zero-order valence-electron chi connectivity index (χ0n) is 14.9. The summed E-state index contributed by atoms with van der Waals surface area (Å²) in [4.78, 5) is 12.8. The van der Waals surface area contributed by atoms with Gasteiger partial charge in [0.25, 0.3) is 0 Å². The molecule has 132 valence electrons. The Labute approximate surface area is 152 Å². The highest BCUT2D eigenvalue weighted by atomic mass is 16.5. The number of anilines is 1. The fraction of sp³-hybridized carbons (Fsp3) is 0.238. The molecule has 0 saturated carbocycles. The molecule has 3 aromatic rings. The first-order valence-corrected chi connectivity index (χ1v) is 8.76. The summed E-state index contributed by atoms with van der Waals surface area (Å²) >= 11 is 0. The summed E-state index contributed by atoms with van der Waals surface area (Å²) in [5.74, 6) is 0.642. The number of aromatic nitrogens is 2. The van der Waals surface area contributed by atoms with E-state index in [0.29, 0.717) is 13.0 Å². The van der Waals surface area contributed by atoms with Crippen LogP contribution in [0.2, 0.25) is 0 Å². The lowest BCUT2D eigenvalue weighted by atomic mass is 9.96. The summed E-state index contributed by atoms with van der Waals surface area (Å²) in [6.07, 6.45) is 0.687. The Morgan fingerprint density at radius 3 is 2.65 bits per heavy atom.